The smallest absolute Gasteiger partial charge is 0.150 e. The normalized spacial score (nSPS) is 10.6. The number of carbonyl (C=O) groups is 1. The van der Waals surface area contributed by atoms with E-state index >= 15 is 0 Å². The minimum absolute atomic E-state index is 0.450. The van der Waals surface area contributed by atoms with Gasteiger partial charge in [0.25, 0.3) is 0 Å². The van der Waals surface area contributed by atoms with Crippen LogP contribution in [0.1, 0.15) is 17.3 Å². The molecule has 1 aromatic carbocycles. The molecule has 1 heteroatoms. The van der Waals surface area contributed by atoms with Gasteiger partial charge in [0.2, 0.25) is 0 Å². The second-order valence-electron chi connectivity index (χ2n) is 1.97. The number of rotatable bonds is 1. The number of carbonyl (C=O) groups excluding carboxylic acids is 1. The molecule has 0 fully saturated rings. The molecule has 1 nitrogen and oxygen atoms in total. The van der Waals surface area contributed by atoms with Crippen LogP contribution in [0, 0.1) is 6.92 Å². The summed E-state index contributed by atoms with van der Waals surface area (Å²) in [5, 5.41) is 0. The van der Waals surface area contributed by atoms with Gasteiger partial charge in [0.15, 0.2) is 0 Å². The van der Waals surface area contributed by atoms with Gasteiger partial charge in [0, 0.05) is 5.56 Å². The van der Waals surface area contributed by atoms with Gasteiger partial charge in [0.1, 0.15) is 7.63 Å². The summed E-state index contributed by atoms with van der Waals surface area (Å²) in [5.41, 5.74) is 1.55. The zero-order chi connectivity index (χ0) is 7.56. The second kappa shape index (κ2) is 2.44. The highest BCUT2D eigenvalue weighted by atomic mass is 16.1. The molecule has 46 valence electrons. The minimum Gasteiger partial charge on any atom is -0.298 e. The fourth-order valence-corrected chi connectivity index (χ4v) is 0.622. The van der Waals surface area contributed by atoms with Gasteiger partial charge >= 0.3 is 0 Å². The predicted molar refractivity (Wildman–Crippen MR) is 36.6 cm³/mol. The summed E-state index contributed by atoms with van der Waals surface area (Å²) in [7, 11) is 0. The summed E-state index contributed by atoms with van der Waals surface area (Å²) in [4.78, 5) is 10.4. The molecule has 1 rings (SSSR count). The van der Waals surface area contributed by atoms with Crippen LogP contribution in [0.2, 0.25) is 0 Å². The van der Waals surface area contributed by atoms with Crippen molar-refractivity contribution in [1.82, 2.24) is 0 Å². The molecule has 0 heterocycles. The van der Waals surface area contributed by atoms with Crippen molar-refractivity contribution in [2.75, 3.05) is 0 Å². The van der Waals surface area contributed by atoms with Crippen molar-refractivity contribution in [3.8, 4) is 0 Å². The molecule has 0 aliphatic carbocycles. The van der Waals surface area contributed by atoms with Crippen LogP contribution < -0.4 is 0 Å². The topological polar surface area (TPSA) is 17.1 Å². The Balaban J connectivity index is 3.00. The third-order valence-electron chi connectivity index (χ3n) is 1.17. The highest BCUT2D eigenvalue weighted by Gasteiger charge is 1.85. The van der Waals surface area contributed by atoms with Gasteiger partial charge < -0.3 is 0 Å². The van der Waals surface area contributed by atoms with Gasteiger partial charge in [-0.1, -0.05) is 29.8 Å². The van der Waals surface area contributed by atoms with Crippen molar-refractivity contribution in [1.29, 1.82) is 0 Å². The summed E-state index contributed by atoms with van der Waals surface area (Å²) >= 11 is 0. The Morgan fingerprint density at radius 3 is 2.44 bits per heavy atom. The van der Waals surface area contributed by atoms with Gasteiger partial charge in [-0.25, -0.2) is 0 Å². The van der Waals surface area contributed by atoms with E-state index in [4.69, 9.17) is 1.37 Å². The maximum atomic E-state index is 10.4. The zero-order valence-corrected chi connectivity index (χ0v) is 5.22. The maximum absolute atomic E-state index is 10.4. The average molecular weight is 121 g/mol. The van der Waals surface area contributed by atoms with Gasteiger partial charge in [0.05, 0.1) is 0 Å². The molecule has 1 aromatic rings. The van der Waals surface area contributed by atoms with E-state index in [9.17, 15) is 4.79 Å². The zero-order valence-electron chi connectivity index (χ0n) is 6.22. The molecule has 0 N–H and O–H groups in total. The molecule has 0 saturated carbocycles. The van der Waals surface area contributed by atoms with Crippen LogP contribution in [-0.4, -0.2) is 6.26 Å². The molecule has 0 unspecified atom stereocenters. The van der Waals surface area contributed by atoms with Gasteiger partial charge in [-0.05, 0) is 6.92 Å². The highest BCUT2D eigenvalue weighted by Crippen LogP contribution is 1.98. The standard InChI is InChI=1S/C8H8O/c1-7-2-4-8(6-9)5-3-7/h2-6H,1H3/i6D. The van der Waals surface area contributed by atoms with E-state index in [1.54, 1.807) is 12.1 Å². The first kappa shape index (κ1) is 4.74. The van der Waals surface area contributed by atoms with Crippen molar-refractivity contribution in [3.05, 3.63) is 35.4 Å². The van der Waals surface area contributed by atoms with Gasteiger partial charge in [-0.2, -0.15) is 0 Å². The molecule has 0 saturated heterocycles. The van der Waals surface area contributed by atoms with Crippen LogP contribution >= 0.6 is 0 Å². The van der Waals surface area contributed by atoms with Crippen LogP contribution in [0.3, 0.4) is 0 Å². The van der Waals surface area contributed by atoms with E-state index in [0.29, 0.717) is 5.56 Å². The third-order valence-corrected chi connectivity index (χ3v) is 1.17. The Bertz CT molecular complexity index is 238. The van der Waals surface area contributed by atoms with E-state index in [1.807, 2.05) is 19.1 Å². The second-order valence-corrected chi connectivity index (χ2v) is 1.97. The number of benzene rings is 1. The molecular weight excluding hydrogens is 112 g/mol. The first-order chi connectivity index (χ1) is 4.70. The largest absolute Gasteiger partial charge is 0.298 e. The van der Waals surface area contributed by atoms with Crippen LogP contribution in [0.15, 0.2) is 24.3 Å². The summed E-state index contributed by atoms with van der Waals surface area (Å²) in [6.45, 7) is 1.94. The quantitative estimate of drug-likeness (QED) is 0.518. The van der Waals surface area contributed by atoms with Crippen LogP contribution in [-0.2, 0) is 0 Å². The number of hydrogen-bond acceptors (Lipinski definition) is 1. The monoisotopic (exact) mass is 121 g/mol. The first-order valence-corrected chi connectivity index (χ1v) is 2.78. The molecule has 0 amide bonds. The van der Waals surface area contributed by atoms with Crippen molar-refractivity contribution in [2.24, 2.45) is 0 Å². The van der Waals surface area contributed by atoms with Crippen molar-refractivity contribution >= 4 is 6.26 Å². The Kier molecular flexibility index (Phi) is 1.29. The Labute approximate surface area is 55.7 Å². The average Bonchev–Trinajstić information content (AvgIpc) is 1.88. The summed E-state index contributed by atoms with van der Waals surface area (Å²) in [5.74, 6) is 0. The van der Waals surface area contributed by atoms with Gasteiger partial charge in [-0.15, -0.1) is 0 Å². The summed E-state index contributed by atoms with van der Waals surface area (Å²) < 4.78 is 6.75. The predicted octanol–water partition coefficient (Wildman–Crippen LogP) is 1.81. The Hall–Kier alpha value is -1.11. The van der Waals surface area contributed by atoms with E-state index in [0.717, 1.165) is 5.56 Å². The van der Waals surface area contributed by atoms with Gasteiger partial charge in [-0.3, -0.25) is 4.79 Å². The molecule has 0 aliphatic rings. The molecule has 0 spiro atoms. The van der Waals surface area contributed by atoms with Crippen molar-refractivity contribution < 1.29 is 6.17 Å². The number of hydrogen-bond donors (Lipinski definition) is 0. The summed E-state index contributed by atoms with van der Waals surface area (Å²) in [6.07, 6.45) is -0.625. The van der Waals surface area contributed by atoms with E-state index in [2.05, 4.69) is 0 Å². The molecule has 0 radical (unpaired) electrons. The maximum Gasteiger partial charge on any atom is 0.150 e. The van der Waals surface area contributed by atoms with Crippen LogP contribution in [0.25, 0.3) is 0 Å². The Morgan fingerprint density at radius 1 is 1.44 bits per heavy atom. The number of aldehydes is 1. The lowest BCUT2D eigenvalue weighted by Gasteiger charge is -1.89. The first-order valence-electron chi connectivity index (χ1n) is 3.28. The van der Waals surface area contributed by atoms with E-state index < -0.39 is 6.26 Å². The molecule has 0 bridgehead atoms. The van der Waals surface area contributed by atoms with E-state index in [1.165, 1.54) is 0 Å². The number of aryl methyl sites for hydroxylation is 1. The van der Waals surface area contributed by atoms with Crippen molar-refractivity contribution in [2.45, 2.75) is 6.92 Å². The molecule has 9 heavy (non-hydrogen) atoms. The molecule has 0 aromatic heterocycles. The van der Waals surface area contributed by atoms with Crippen LogP contribution in [0.5, 0.6) is 0 Å². The molecule has 0 aliphatic heterocycles. The molecular formula is C8H8O. The Morgan fingerprint density at radius 2 is 2.00 bits per heavy atom. The van der Waals surface area contributed by atoms with E-state index in [-0.39, 0.29) is 0 Å². The molecule has 0 atom stereocenters. The fourth-order valence-electron chi connectivity index (χ4n) is 0.622. The SMILES string of the molecule is [2H]C(=O)c1ccc(C)cc1. The highest BCUT2D eigenvalue weighted by molar-refractivity contribution is 5.74. The fraction of sp³-hybridized carbons (Fsp3) is 0.125. The third kappa shape index (κ3) is 1.39. The van der Waals surface area contributed by atoms with Crippen molar-refractivity contribution in [3.63, 3.8) is 0 Å². The lowest BCUT2D eigenvalue weighted by Crippen LogP contribution is -1.77. The lowest BCUT2D eigenvalue weighted by molar-refractivity contribution is 0.112. The lowest BCUT2D eigenvalue weighted by atomic mass is 10.2. The van der Waals surface area contributed by atoms with Crippen LogP contribution in [0.4, 0.5) is 0 Å². The minimum atomic E-state index is -0.625. The summed E-state index contributed by atoms with van der Waals surface area (Å²) in [6, 6.07) is 6.96.